The van der Waals surface area contributed by atoms with E-state index >= 15 is 0 Å². The van der Waals surface area contributed by atoms with Crippen LogP contribution in [0.2, 0.25) is 0 Å². The first-order valence-corrected chi connectivity index (χ1v) is 8.46. The summed E-state index contributed by atoms with van der Waals surface area (Å²) >= 11 is 0. The van der Waals surface area contributed by atoms with Gasteiger partial charge in [-0.2, -0.15) is 0 Å². The second-order valence-electron chi connectivity index (χ2n) is 5.63. The van der Waals surface area contributed by atoms with Crippen LogP contribution in [0.1, 0.15) is 96.3 Å². The highest BCUT2D eigenvalue weighted by molar-refractivity contribution is 5.48. The van der Waals surface area contributed by atoms with E-state index in [-0.39, 0.29) is 0 Å². The quantitative estimate of drug-likeness (QED) is 0.184. The van der Waals surface area contributed by atoms with Crippen LogP contribution in [-0.2, 0) is 4.79 Å². The third-order valence-corrected chi connectivity index (χ3v) is 3.73. The fraction of sp³-hybridized carbons (Fsp3) is 0.833. The van der Waals surface area contributed by atoms with Gasteiger partial charge < -0.3 is 4.79 Å². The largest absolute Gasteiger partial charge is 0.303 e. The fourth-order valence-corrected chi connectivity index (χ4v) is 2.46. The Balaban J connectivity index is 2.91. The third kappa shape index (κ3) is 17.4. The standard InChI is InChI=1S/C18H34O/c1-2-3-4-5-6-7-8-9-10-11-12-13-14-15-16-17-18-19/h2,18H,1,3-17H2. The summed E-state index contributed by atoms with van der Waals surface area (Å²) in [5.41, 5.74) is 0. The lowest BCUT2D eigenvalue weighted by Gasteiger charge is -2.02. The summed E-state index contributed by atoms with van der Waals surface area (Å²) in [5.74, 6) is 0. The highest BCUT2D eigenvalue weighted by Gasteiger charge is 1.93. The first kappa shape index (κ1) is 18.4. The van der Waals surface area contributed by atoms with Crippen LogP contribution < -0.4 is 0 Å². The van der Waals surface area contributed by atoms with E-state index in [1.165, 1.54) is 83.5 Å². The minimum Gasteiger partial charge on any atom is -0.303 e. The molecule has 0 atom stereocenters. The van der Waals surface area contributed by atoms with Crippen LogP contribution in [-0.4, -0.2) is 6.29 Å². The van der Waals surface area contributed by atoms with Gasteiger partial charge in [-0.1, -0.05) is 76.7 Å². The van der Waals surface area contributed by atoms with E-state index in [9.17, 15) is 4.79 Å². The van der Waals surface area contributed by atoms with Crippen LogP contribution in [0, 0.1) is 0 Å². The molecule has 112 valence electrons. The zero-order valence-corrected chi connectivity index (χ0v) is 12.9. The van der Waals surface area contributed by atoms with Gasteiger partial charge in [-0.3, -0.25) is 0 Å². The van der Waals surface area contributed by atoms with Crippen molar-refractivity contribution in [3.8, 4) is 0 Å². The molecule has 0 aliphatic rings. The number of aldehydes is 1. The van der Waals surface area contributed by atoms with Crippen molar-refractivity contribution in [3.63, 3.8) is 0 Å². The van der Waals surface area contributed by atoms with E-state index in [1.54, 1.807) is 0 Å². The molecule has 1 nitrogen and oxygen atoms in total. The van der Waals surface area contributed by atoms with Crippen molar-refractivity contribution >= 4 is 6.29 Å². The maximum absolute atomic E-state index is 10.1. The summed E-state index contributed by atoms with van der Waals surface area (Å²) in [4.78, 5) is 10.1. The molecule has 0 saturated heterocycles. The normalized spacial score (nSPS) is 10.5. The van der Waals surface area contributed by atoms with Crippen molar-refractivity contribution in [1.29, 1.82) is 0 Å². The molecule has 0 amide bonds. The van der Waals surface area contributed by atoms with Crippen LogP contribution in [0.25, 0.3) is 0 Å². The van der Waals surface area contributed by atoms with Gasteiger partial charge in [0, 0.05) is 6.42 Å². The Morgan fingerprint density at radius 3 is 1.16 bits per heavy atom. The molecule has 1 heteroatoms. The summed E-state index contributed by atoms with van der Waals surface area (Å²) in [6, 6.07) is 0. The van der Waals surface area contributed by atoms with Gasteiger partial charge in [0.05, 0.1) is 0 Å². The molecule has 0 aromatic heterocycles. The molecule has 0 aliphatic carbocycles. The number of hydrogen-bond acceptors (Lipinski definition) is 1. The first-order valence-electron chi connectivity index (χ1n) is 8.46. The Morgan fingerprint density at radius 2 is 0.842 bits per heavy atom. The van der Waals surface area contributed by atoms with Crippen LogP contribution in [0.15, 0.2) is 12.7 Å². The molecule has 0 radical (unpaired) electrons. The average Bonchev–Trinajstić information content (AvgIpc) is 2.43. The minimum atomic E-state index is 0.757. The Labute approximate surface area is 120 Å². The zero-order chi connectivity index (χ0) is 14.0. The maximum Gasteiger partial charge on any atom is 0.119 e. The van der Waals surface area contributed by atoms with Gasteiger partial charge in [-0.05, 0) is 19.3 Å². The van der Waals surface area contributed by atoms with Gasteiger partial charge in [0.15, 0.2) is 0 Å². The number of carbonyl (C=O) groups excluding carboxylic acids is 1. The molecule has 0 bridgehead atoms. The molecule has 0 N–H and O–H groups in total. The fourth-order valence-electron chi connectivity index (χ4n) is 2.46. The topological polar surface area (TPSA) is 17.1 Å². The molecular weight excluding hydrogens is 232 g/mol. The molecule has 0 aromatic rings. The summed E-state index contributed by atoms with van der Waals surface area (Å²) in [6.45, 7) is 3.75. The number of rotatable bonds is 16. The van der Waals surface area contributed by atoms with E-state index in [2.05, 4.69) is 6.58 Å². The van der Waals surface area contributed by atoms with Crippen molar-refractivity contribution in [3.05, 3.63) is 12.7 Å². The molecule has 0 unspecified atom stereocenters. The molecule has 0 rings (SSSR count). The second kappa shape index (κ2) is 17.4. The van der Waals surface area contributed by atoms with Crippen molar-refractivity contribution < 1.29 is 4.79 Å². The van der Waals surface area contributed by atoms with Crippen LogP contribution >= 0.6 is 0 Å². The van der Waals surface area contributed by atoms with Gasteiger partial charge in [0.2, 0.25) is 0 Å². The van der Waals surface area contributed by atoms with E-state index in [0.717, 1.165) is 19.1 Å². The van der Waals surface area contributed by atoms with Crippen molar-refractivity contribution in [2.75, 3.05) is 0 Å². The van der Waals surface area contributed by atoms with Crippen LogP contribution in [0.4, 0.5) is 0 Å². The summed E-state index contributed by atoms with van der Waals surface area (Å²) in [6.07, 6.45) is 22.6. The lowest BCUT2D eigenvalue weighted by Crippen LogP contribution is -1.83. The Bertz CT molecular complexity index is 166. The van der Waals surface area contributed by atoms with E-state index in [0.29, 0.717) is 0 Å². The number of allylic oxidation sites excluding steroid dienone is 1. The highest BCUT2D eigenvalue weighted by Crippen LogP contribution is 2.13. The Kier molecular flexibility index (Phi) is 16.9. The first-order chi connectivity index (χ1) is 9.41. The molecule has 0 aliphatic heterocycles. The predicted octanol–water partition coefficient (Wildman–Crippen LogP) is 6.22. The second-order valence-corrected chi connectivity index (χ2v) is 5.63. The molecule has 0 saturated carbocycles. The molecule has 0 heterocycles. The lowest BCUT2D eigenvalue weighted by atomic mass is 10.0. The molecular formula is C18H34O. The number of carbonyl (C=O) groups is 1. The monoisotopic (exact) mass is 266 g/mol. The SMILES string of the molecule is C=CCCCCCCCCCCCCCCCC=O. The molecule has 19 heavy (non-hydrogen) atoms. The summed E-state index contributed by atoms with van der Waals surface area (Å²) < 4.78 is 0. The molecule has 0 fully saturated rings. The molecule has 0 spiro atoms. The summed E-state index contributed by atoms with van der Waals surface area (Å²) in [7, 11) is 0. The van der Waals surface area contributed by atoms with E-state index in [1.807, 2.05) is 6.08 Å². The van der Waals surface area contributed by atoms with Crippen LogP contribution in [0.3, 0.4) is 0 Å². The number of hydrogen-bond donors (Lipinski definition) is 0. The van der Waals surface area contributed by atoms with E-state index in [4.69, 9.17) is 0 Å². The van der Waals surface area contributed by atoms with Gasteiger partial charge in [-0.25, -0.2) is 0 Å². The zero-order valence-electron chi connectivity index (χ0n) is 12.9. The maximum atomic E-state index is 10.1. The van der Waals surface area contributed by atoms with Gasteiger partial charge in [0.1, 0.15) is 6.29 Å². The minimum absolute atomic E-state index is 0.757. The summed E-state index contributed by atoms with van der Waals surface area (Å²) in [5, 5.41) is 0. The lowest BCUT2D eigenvalue weighted by molar-refractivity contribution is -0.107. The van der Waals surface area contributed by atoms with Crippen molar-refractivity contribution in [1.82, 2.24) is 0 Å². The third-order valence-electron chi connectivity index (χ3n) is 3.73. The van der Waals surface area contributed by atoms with E-state index < -0.39 is 0 Å². The Morgan fingerprint density at radius 1 is 0.526 bits per heavy atom. The van der Waals surface area contributed by atoms with Crippen molar-refractivity contribution in [2.45, 2.75) is 96.3 Å². The average molecular weight is 266 g/mol. The number of unbranched alkanes of at least 4 members (excludes halogenated alkanes) is 14. The molecule has 0 aromatic carbocycles. The predicted molar refractivity (Wildman–Crippen MR) is 85.5 cm³/mol. The van der Waals surface area contributed by atoms with Gasteiger partial charge in [0.25, 0.3) is 0 Å². The van der Waals surface area contributed by atoms with Gasteiger partial charge >= 0.3 is 0 Å². The van der Waals surface area contributed by atoms with Crippen LogP contribution in [0.5, 0.6) is 0 Å². The Hall–Kier alpha value is -0.590. The van der Waals surface area contributed by atoms with Gasteiger partial charge in [-0.15, -0.1) is 6.58 Å². The van der Waals surface area contributed by atoms with Crippen molar-refractivity contribution in [2.24, 2.45) is 0 Å². The smallest absolute Gasteiger partial charge is 0.119 e. The highest BCUT2D eigenvalue weighted by atomic mass is 16.1.